The number of pyridine rings is 1. The van der Waals surface area contributed by atoms with Crippen LogP contribution in [0.4, 0.5) is 5.82 Å². The lowest BCUT2D eigenvalue weighted by atomic mass is 10.1. The molecule has 1 fully saturated rings. The largest absolute Gasteiger partial charge is 0.493 e. The van der Waals surface area contributed by atoms with Gasteiger partial charge < -0.3 is 19.3 Å². The number of hydrogen-bond donors (Lipinski definition) is 0. The van der Waals surface area contributed by atoms with Crippen LogP contribution in [0.5, 0.6) is 11.5 Å². The molecule has 0 atom stereocenters. The molecule has 3 aromatic rings. The second-order valence-corrected chi connectivity index (χ2v) is 8.55. The Hall–Kier alpha value is -3.28. The molecule has 2 aromatic carbocycles. The zero-order valence-corrected chi connectivity index (χ0v) is 20.1. The molecule has 0 N–H and O–H groups in total. The number of amides is 1. The molecule has 0 aliphatic carbocycles. The van der Waals surface area contributed by atoms with Crippen LogP contribution in [0.15, 0.2) is 42.5 Å². The lowest BCUT2D eigenvalue weighted by Gasteiger charge is -2.35. The first kappa shape index (κ1) is 22.9. The topological polar surface area (TPSA) is 54.9 Å². The molecule has 0 radical (unpaired) electrons. The molecule has 0 spiro atoms. The summed E-state index contributed by atoms with van der Waals surface area (Å²) in [5.74, 6) is 2.65. The maximum absolute atomic E-state index is 12.8. The smallest absolute Gasteiger partial charge is 0.223 e. The van der Waals surface area contributed by atoms with E-state index in [-0.39, 0.29) is 5.91 Å². The fraction of sp³-hybridized carbons (Fsp3) is 0.407. The number of para-hydroxylation sites is 1. The second-order valence-electron chi connectivity index (χ2n) is 8.55. The van der Waals surface area contributed by atoms with Crippen molar-refractivity contribution in [1.82, 2.24) is 9.88 Å². The molecule has 1 amide bonds. The Bertz CT molecular complexity index is 1140. The lowest BCUT2D eigenvalue weighted by Crippen LogP contribution is -2.49. The summed E-state index contributed by atoms with van der Waals surface area (Å²) in [5.41, 5.74) is 4.57. The summed E-state index contributed by atoms with van der Waals surface area (Å²) in [5, 5.41) is 1.21. The highest BCUT2D eigenvalue weighted by molar-refractivity contribution is 5.86. The minimum absolute atomic E-state index is 0.195. The highest BCUT2D eigenvalue weighted by Crippen LogP contribution is 2.29. The van der Waals surface area contributed by atoms with Crippen molar-refractivity contribution in [2.24, 2.45) is 0 Å². The Morgan fingerprint density at radius 3 is 2.52 bits per heavy atom. The number of nitrogens with zero attached hydrogens (tertiary/aromatic N) is 3. The number of carbonyl (C=O) groups is 1. The predicted molar refractivity (Wildman–Crippen MR) is 132 cm³/mol. The molecule has 1 saturated heterocycles. The van der Waals surface area contributed by atoms with Crippen LogP contribution in [0.1, 0.15) is 30.0 Å². The van der Waals surface area contributed by atoms with Gasteiger partial charge in [0.05, 0.1) is 19.2 Å². The number of ether oxygens (including phenoxy) is 2. The van der Waals surface area contributed by atoms with Gasteiger partial charge >= 0.3 is 0 Å². The summed E-state index contributed by atoms with van der Waals surface area (Å²) < 4.78 is 11.0. The van der Waals surface area contributed by atoms with Gasteiger partial charge in [0.1, 0.15) is 5.82 Å². The second kappa shape index (κ2) is 10.1. The Morgan fingerprint density at radius 1 is 1.00 bits per heavy atom. The van der Waals surface area contributed by atoms with E-state index in [0.717, 1.165) is 48.8 Å². The van der Waals surface area contributed by atoms with E-state index in [2.05, 4.69) is 43.0 Å². The molecule has 4 rings (SSSR count). The van der Waals surface area contributed by atoms with E-state index >= 15 is 0 Å². The normalized spacial score (nSPS) is 13.9. The minimum atomic E-state index is 0.195. The number of hydrogen-bond acceptors (Lipinski definition) is 5. The average molecular weight is 448 g/mol. The van der Waals surface area contributed by atoms with Crippen molar-refractivity contribution in [2.45, 2.75) is 33.6 Å². The molecular weight excluding hydrogens is 414 g/mol. The summed E-state index contributed by atoms with van der Waals surface area (Å²) in [6.45, 7) is 9.82. The van der Waals surface area contributed by atoms with E-state index in [1.54, 1.807) is 7.11 Å². The van der Waals surface area contributed by atoms with E-state index in [1.165, 1.54) is 16.5 Å². The lowest BCUT2D eigenvalue weighted by molar-refractivity contribution is -0.131. The van der Waals surface area contributed by atoms with Gasteiger partial charge in [0.2, 0.25) is 5.91 Å². The maximum Gasteiger partial charge on any atom is 0.223 e. The number of fused-ring (bicyclic) bond motifs is 1. The zero-order valence-electron chi connectivity index (χ0n) is 20.1. The molecule has 6 nitrogen and oxygen atoms in total. The van der Waals surface area contributed by atoms with Crippen molar-refractivity contribution in [3.63, 3.8) is 0 Å². The van der Waals surface area contributed by atoms with Crippen LogP contribution < -0.4 is 14.4 Å². The zero-order chi connectivity index (χ0) is 23.4. The quantitative estimate of drug-likeness (QED) is 0.532. The van der Waals surface area contributed by atoms with E-state index < -0.39 is 0 Å². The first-order valence-corrected chi connectivity index (χ1v) is 11.7. The first-order valence-electron chi connectivity index (χ1n) is 11.7. The molecule has 1 aliphatic rings. The number of benzene rings is 2. The fourth-order valence-corrected chi connectivity index (χ4v) is 4.44. The summed E-state index contributed by atoms with van der Waals surface area (Å²) in [4.78, 5) is 22.1. The van der Waals surface area contributed by atoms with Crippen LogP contribution >= 0.6 is 0 Å². The molecule has 1 aliphatic heterocycles. The van der Waals surface area contributed by atoms with Gasteiger partial charge in [-0.25, -0.2) is 4.98 Å². The third-order valence-electron chi connectivity index (χ3n) is 6.35. The molecule has 174 valence electrons. The van der Waals surface area contributed by atoms with Gasteiger partial charge in [-0.1, -0.05) is 24.3 Å². The monoisotopic (exact) mass is 447 g/mol. The molecule has 2 heterocycles. The molecule has 0 unspecified atom stereocenters. The maximum atomic E-state index is 12.8. The summed E-state index contributed by atoms with van der Waals surface area (Å²) in [7, 11) is 1.64. The Kier molecular flexibility index (Phi) is 7.02. The average Bonchev–Trinajstić information content (AvgIpc) is 2.84. The summed E-state index contributed by atoms with van der Waals surface area (Å²) in [6, 6.07) is 14.4. The van der Waals surface area contributed by atoms with Crippen LogP contribution in [0.3, 0.4) is 0 Å². The van der Waals surface area contributed by atoms with Gasteiger partial charge in [-0.05, 0) is 62.1 Å². The number of aromatic nitrogens is 1. The van der Waals surface area contributed by atoms with Gasteiger partial charge in [-0.2, -0.15) is 0 Å². The molecule has 0 saturated carbocycles. The highest BCUT2D eigenvalue weighted by Gasteiger charge is 2.22. The molecule has 0 bridgehead atoms. The Balaban J connectivity index is 1.35. The molecular formula is C27H33N3O3. The Morgan fingerprint density at radius 2 is 1.79 bits per heavy atom. The summed E-state index contributed by atoms with van der Waals surface area (Å²) in [6.07, 6.45) is 1.18. The van der Waals surface area contributed by atoms with Gasteiger partial charge in [0.15, 0.2) is 11.5 Å². The van der Waals surface area contributed by atoms with Crippen LogP contribution in [0.25, 0.3) is 10.9 Å². The van der Waals surface area contributed by atoms with Gasteiger partial charge in [0, 0.05) is 38.0 Å². The standard InChI is InChI=1S/C27H33N3O3/c1-5-33-23-11-9-21(18-24(23)32-4)10-12-26(31)30-15-13-29(14-16-30)25-17-20(3)22-8-6-7-19(2)27(22)28-25/h6-9,11,17-18H,5,10,12-16H2,1-4H3. The number of piperazine rings is 1. The number of aryl methyl sites for hydroxylation is 3. The number of anilines is 1. The van der Waals surface area contributed by atoms with E-state index in [4.69, 9.17) is 14.5 Å². The van der Waals surface area contributed by atoms with Gasteiger partial charge in [0.25, 0.3) is 0 Å². The van der Waals surface area contributed by atoms with Crippen molar-refractivity contribution in [1.29, 1.82) is 0 Å². The van der Waals surface area contributed by atoms with Crippen molar-refractivity contribution in [3.8, 4) is 11.5 Å². The first-order chi connectivity index (χ1) is 16.0. The van der Waals surface area contributed by atoms with Crippen LogP contribution in [0, 0.1) is 13.8 Å². The van der Waals surface area contributed by atoms with Crippen molar-refractivity contribution >= 4 is 22.6 Å². The van der Waals surface area contributed by atoms with E-state index in [1.807, 2.05) is 30.0 Å². The number of methoxy groups -OCH3 is 1. The third kappa shape index (κ3) is 5.05. The van der Waals surface area contributed by atoms with Crippen LogP contribution in [-0.2, 0) is 11.2 Å². The van der Waals surface area contributed by atoms with Gasteiger partial charge in [-0.15, -0.1) is 0 Å². The predicted octanol–water partition coefficient (Wildman–Crippen LogP) is 4.54. The van der Waals surface area contributed by atoms with Crippen molar-refractivity contribution in [3.05, 3.63) is 59.2 Å². The van der Waals surface area contributed by atoms with Crippen LogP contribution in [-0.4, -0.2) is 55.7 Å². The highest BCUT2D eigenvalue weighted by atomic mass is 16.5. The van der Waals surface area contributed by atoms with Crippen molar-refractivity contribution in [2.75, 3.05) is 44.8 Å². The van der Waals surface area contributed by atoms with E-state index in [9.17, 15) is 4.79 Å². The van der Waals surface area contributed by atoms with Crippen LogP contribution in [0.2, 0.25) is 0 Å². The summed E-state index contributed by atoms with van der Waals surface area (Å²) >= 11 is 0. The fourth-order valence-electron chi connectivity index (χ4n) is 4.44. The molecule has 6 heteroatoms. The molecule has 1 aromatic heterocycles. The van der Waals surface area contributed by atoms with Gasteiger partial charge in [-0.3, -0.25) is 4.79 Å². The van der Waals surface area contributed by atoms with E-state index in [0.29, 0.717) is 25.2 Å². The third-order valence-corrected chi connectivity index (χ3v) is 6.35. The number of rotatable bonds is 7. The SMILES string of the molecule is CCOc1ccc(CCC(=O)N2CCN(c3cc(C)c4cccc(C)c4n3)CC2)cc1OC. The molecule has 33 heavy (non-hydrogen) atoms. The minimum Gasteiger partial charge on any atom is -0.493 e. The van der Waals surface area contributed by atoms with Crippen molar-refractivity contribution < 1.29 is 14.3 Å². The Labute approximate surface area is 196 Å². The number of carbonyl (C=O) groups excluding carboxylic acids is 1.